The fraction of sp³-hybridized carbons (Fsp3) is 0.615. The largest absolute Gasteiger partial charge is 0.396 e. The van der Waals surface area contributed by atoms with E-state index in [0.717, 1.165) is 30.3 Å². The molecule has 2 aromatic rings. The van der Waals surface area contributed by atoms with Crippen LogP contribution in [0.1, 0.15) is 26.0 Å². The van der Waals surface area contributed by atoms with Gasteiger partial charge < -0.3 is 15.3 Å². The summed E-state index contributed by atoms with van der Waals surface area (Å²) in [5, 5.41) is 14.3. The van der Waals surface area contributed by atoms with Gasteiger partial charge in [-0.3, -0.25) is 4.40 Å². The summed E-state index contributed by atoms with van der Waals surface area (Å²) in [6.07, 6.45) is 2.83. The number of rotatable bonds is 7. The Morgan fingerprint density at radius 2 is 2.32 bits per heavy atom. The van der Waals surface area contributed by atoms with Gasteiger partial charge in [-0.2, -0.15) is 0 Å². The lowest BCUT2D eigenvalue weighted by Crippen LogP contribution is -2.33. The Balaban J connectivity index is 2.39. The van der Waals surface area contributed by atoms with Gasteiger partial charge in [0.1, 0.15) is 0 Å². The van der Waals surface area contributed by atoms with Crippen LogP contribution in [0, 0.1) is 0 Å². The Morgan fingerprint density at radius 1 is 1.53 bits per heavy atom. The SMILES string of the molecule is CNCc1c(N(CCCO)C(C)C)nc2sccn12. The van der Waals surface area contributed by atoms with Crippen LogP contribution in [0.2, 0.25) is 0 Å². The summed E-state index contributed by atoms with van der Waals surface area (Å²) in [7, 11) is 1.95. The number of anilines is 1. The van der Waals surface area contributed by atoms with Crippen LogP contribution in [-0.2, 0) is 6.54 Å². The van der Waals surface area contributed by atoms with Crippen molar-refractivity contribution in [2.75, 3.05) is 25.1 Å². The van der Waals surface area contributed by atoms with Gasteiger partial charge in [0, 0.05) is 37.3 Å². The molecular weight excluding hydrogens is 260 g/mol. The van der Waals surface area contributed by atoms with Crippen LogP contribution in [0.15, 0.2) is 11.6 Å². The van der Waals surface area contributed by atoms with Crippen molar-refractivity contribution in [3.05, 3.63) is 17.3 Å². The van der Waals surface area contributed by atoms with Crippen LogP contribution in [0.3, 0.4) is 0 Å². The van der Waals surface area contributed by atoms with Gasteiger partial charge in [-0.15, -0.1) is 11.3 Å². The first-order valence-electron chi connectivity index (χ1n) is 6.65. The maximum atomic E-state index is 9.05. The number of aliphatic hydroxyl groups excluding tert-OH is 1. The number of nitrogens with zero attached hydrogens (tertiary/aromatic N) is 3. The molecule has 0 atom stereocenters. The number of hydrogen-bond acceptors (Lipinski definition) is 5. The molecule has 6 heteroatoms. The Labute approximate surface area is 117 Å². The van der Waals surface area contributed by atoms with E-state index in [2.05, 4.69) is 40.0 Å². The van der Waals surface area contributed by atoms with Crippen LogP contribution in [-0.4, -0.2) is 40.7 Å². The molecule has 0 aromatic carbocycles. The number of aliphatic hydroxyl groups is 1. The van der Waals surface area contributed by atoms with Crippen molar-refractivity contribution in [1.29, 1.82) is 0 Å². The second-order valence-corrected chi connectivity index (χ2v) is 5.71. The van der Waals surface area contributed by atoms with Gasteiger partial charge in [-0.1, -0.05) is 0 Å². The average Bonchev–Trinajstić information content (AvgIpc) is 2.93. The van der Waals surface area contributed by atoms with Crippen LogP contribution < -0.4 is 10.2 Å². The van der Waals surface area contributed by atoms with E-state index in [1.54, 1.807) is 11.3 Å². The highest BCUT2D eigenvalue weighted by molar-refractivity contribution is 7.15. The normalized spacial score (nSPS) is 11.6. The molecule has 0 saturated heterocycles. The topological polar surface area (TPSA) is 52.8 Å². The van der Waals surface area contributed by atoms with Crippen molar-refractivity contribution < 1.29 is 5.11 Å². The first-order chi connectivity index (χ1) is 9.19. The third-order valence-corrected chi connectivity index (χ3v) is 3.89. The standard InChI is InChI=1S/C13H22N4OS/c1-10(2)16(5-4-7-18)12-11(9-14-3)17-6-8-19-13(17)15-12/h6,8,10,14,18H,4-5,7,9H2,1-3H3. The van der Waals surface area contributed by atoms with Crippen molar-refractivity contribution in [2.45, 2.75) is 32.9 Å². The number of aromatic nitrogens is 2. The molecule has 0 spiro atoms. The lowest BCUT2D eigenvalue weighted by Gasteiger charge is -2.27. The molecule has 19 heavy (non-hydrogen) atoms. The third kappa shape index (κ3) is 2.91. The number of thiazole rings is 1. The van der Waals surface area contributed by atoms with E-state index in [9.17, 15) is 0 Å². The molecule has 2 aromatic heterocycles. The molecule has 106 valence electrons. The van der Waals surface area contributed by atoms with E-state index in [-0.39, 0.29) is 6.61 Å². The van der Waals surface area contributed by atoms with Crippen LogP contribution >= 0.6 is 11.3 Å². The van der Waals surface area contributed by atoms with Crippen molar-refractivity contribution >= 4 is 22.1 Å². The summed E-state index contributed by atoms with van der Waals surface area (Å²) in [4.78, 5) is 8.04. The van der Waals surface area contributed by atoms with Crippen molar-refractivity contribution in [1.82, 2.24) is 14.7 Å². The number of hydrogen-bond donors (Lipinski definition) is 2. The lowest BCUT2D eigenvalue weighted by molar-refractivity contribution is 0.288. The predicted octanol–water partition coefficient (Wildman–Crippen LogP) is 1.71. The number of imidazole rings is 1. The molecule has 0 bridgehead atoms. The van der Waals surface area contributed by atoms with E-state index in [0.29, 0.717) is 6.04 Å². The van der Waals surface area contributed by atoms with Crippen molar-refractivity contribution in [3.8, 4) is 0 Å². The highest BCUT2D eigenvalue weighted by Gasteiger charge is 2.20. The average molecular weight is 282 g/mol. The number of nitrogens with one attached hydrogen (secondary N) is 1. The fourth-order valence-electron chi connectivity index (χ4n) is 2.23. The van der Waals surface area contributed by atoms with Gasteiger partial charge in [-0.05, 0) is 27.3 Å². The molecule has 2 rings (SSSR count). The minimum Gasteiger partial charge on any atom is -0.396 e. The van der Waals surface area contributed by atoms with Crippen LogP contribution in [0.4, 0.5) is 5.82 Å². The lowest BCUT2D eigenvalue weighted by atomic mass is 10.2. The van der Waals surface area contributed by atoms with Crippen LogP contribution in [0.5, 0.6) is 0 Å². The van der Waals surface area contributed by atoms with Gasteiger partial charge in [0.05, 0.1) is 5.69 Å². The number of fused-ring (bicyclic) bond motifs is 1. The zero-order valence-corrected chi connectivity index (χ0v) is 12.6. The smallest absolute Gasteiger partial charge is 0.195 e. The zero-order valence-electron chi connectivity index (χ0n) is 11.8. The summed E-state index contributed by atoms with van der Waals surface area (Å²) in [5.41, 5.74) is 1.19. The van der Waals surface area contributed by atoms with Gasteiger partial charge in [0.15, 0.2) is 10.8 Å². The molecule has 0 aliphatic rings. The van der Waals surface area contributed by atoms with E-state index in [4.69, 9.17) is 10.1 Å². The Bertz CT molecular complexity index is 520. The quantitative estimate of drug-likeness (QED) is 0.812. The molecular formula is C13H22N4OS. The first-order valence-corrected chi connectivity index (χ1v) is 7.53. The molecule has 0 aliphatic carbocycles. The third-order valence-electron chi connectivity index (χ3n) is 3.14. The minimum absolute atomic E-state index is 0.215. The Kier molecular flexibility index (Phi) is 4.79. The molecule has 0 fully saturated rings. The summed E-state index contributed by atoms with van der Waals surface area (Å²) in [5.74, 6) is 1.03. The second-order valence-electron chi connectivity index (χ2n) is 4.83. The summed E-state index contributed by atoms with van der Waals surface area (Å²) in [6.45, 7) is 6.15. The Morgan fingerprint density at radius 3 is 2.95 bits per heavy atom. The zero-order chi connectivity index (χ0) is 13.8. The van der Waals surface area contributed by atoms with E-state index in [1.165, 1.54) is 5.69 Å². The first kappa shape index (κ1) is 14.3. The van der Waals surface area contributed by atoms with Crippen molar-refractivity contribution in [2.24, 2.45) is 0 Å². The molecule has 2 heterocycles. The van der Waals surface area contributed by atoms with Gasteiger partial charge in [0.25, 0.3) is 0 Å². The molecule has 0 saturated carbocycles. The molecule has 0 radical (unpaired) electrons. The maximum absolute atomic E-state index is 9.05. The second kappa shape index (κ2) is 6.36. The molecule has 0 unspecified atom stereocenters. The van der Waals surface area contributed by atoms with Crippen LogP contribution in [0.25, 0.3) is 4.96 Å². The monoisotopic (exact) mass is 282 g/mol. The van der Waals surface area contributed by atoms with Crippen molar-refractivity contribution in [3.63, 3.8) is 0 Å². The highest BCUT2D eigenvalue weighted by atomic mass is 32.1. The van der Waals surface area contributed by atoms with Gasteiger partial charge >= 0.3 is 0 Å². The molecule has 0 amide bonds. The molecule has 5 nitrogen and oxygen atoms in total. The predicted molar refractivity (Wildman–Crippen MR) is 80.0 cm³/mol. The Hall–Kier alpha value is -1.11. The minimum atomic E-state index is 0.215. The van der Waals surface area contributed by atoms with E-state index < -0.39 is 0 Å². The van der Waals surface area contributed by atoms with E-state index in [1.807, 2.05) is 7.05 Å². The summed E-state index contributed by atoms with van der Waals surface area (Å²) < 4.78 is 2.14. The van der Waals surface area contributed by atoms with Gasteiger partial charge in [0.2, 0.25) is 0 Å². The highest BCUT2D eigenvalue weighted by Crippen LogP contribution is 2.26. The van der Waals surface area contributed by atoms with E-state index >= 15 is 0 Å². The molecule has 2 N–H and O–H groups in total. The van der Waals surface area contributed by atoms with Gasteiger partial charge in [-0.25, -0.2) is 4.98 Å². The summed E-state index contributed by atoms with van der Waals surface area (Å²) in [6, 6.07) is 0.367. The molecule has 0 aliphatic heterocycles. The summed E-state index contributed by atoms with van der Waals surface area (Å²) >= 11 is 1.65. The fourth-order valence-corrected chi connectivity index (χ4v) is 2.96. The maximum Gasteiger partial charge on any atom is 0.195 e.